The first-order valence-electron chi connectivity index (χ1n) is 6.57. The second kappa shape index (κ2) is 3.98. The molecule has 2 nitrogen and oxygen atoms in total. The number of aryl methyl sites for hydroxylation is 1. The summed E-state index contributed by atoms with van der Waals surface area (Å²) in [4.78, 5) is 0. The molecule has 1 heterocycles. The molecule has 1 atom stereocenters. The first-order chi connectivity index (χ1) is 8.98. The van der Waals surface area contributed by atoms with E-state index in [2.05, 4.69) is 6.07 Å². The molecule has 0 saturated carbocycles. The van der Waals surface area contributed by atoms with Crippen LogP contribution in [-0.4, -0.2) is 5.66 Å². The van der Waals surface area contributed by atoms with Gasteiger partial charge in [0.1, 0.15) is 7.14 Å². The number of nitrogens with two attached hydrogens (primary N) is 1. The summed E-state index contributed by atoms with van der Waals surface area (Å²) in [5.74, 6) is 0. The van der Waals surface area contributed by atoms with Gasteiger partial charge in [0.15, 0.2) is 0 Å². The molecule has 0 fully saturated rings. The highest BCUT2D eigenvalue weighted by Gasteiger charge is 2.42. The second-order valence-electron chi connectivity index (χ2n) is 5.46. The van der Waals surface area contributed by atoms with Gasteiger partial charge in [0.05, 0.1) is 0 Å². The molecule has 0 saturated heterocycles. The molecule has 2 aromatic carbocycles. The third-order valence-corrected chi connectivity index (χ3v) is 7.75. The maximum atomic E-state index is 13.7. The van der Waals surface area contributed by atoms with E-state index in [0.29, 0.717) is 5.69 Å². The molecule has 3 heteroatoms. The van der Waals surface area contributed by atoms with Crippen molar-refractivity contribution in [1.82, 2.24) is 0 Å². The van der Waals surface area contributed by atoms with Crippen molar-refractivity contribution in [2.24, 2.45) is 0 Å². The zero-order chi connectivity index (χ0) is 13.8. The van der Waals surface area contributed by atoms with Crippen molar-refractivity contribution in [2.45, 2.75) is 26.4 Å². The topological polar surface area (TPSA) is 43.1 Å². The largest absolute Gasteiger partial charge is 0.398 e. The van der Waals surface area contributed by atoms with E-state index < -0.39 is 7.14 Å². The van der Waals surface area contributed by atoms with Gasteiger partial charge in [-0.15, -0.1) is 0 Å². The maximum absolute atomic E-state index is 13.7. The molecule has 0 aliphatic carbocycles. The third-order valence-electron chi connectivity index (χ3n) is 4.05. The number of anilines is 1. The van der Waals surface area contributed by atoms with Crippen LogP contribution < -0.4 is 16.3 Å². The Kier molecular flexibility index (Phi) is 2.62. The Labute approximate surface area is 114 Å². The molecule has 19 heavy (non-hydrogen) atoms. The molecule has 0 spiro atoms. The summed E-state index contributed by atoms with van der Waals surface area (Å²) in [6.07, 6.45) is 0. The monoisotopic (exact) mass is 271 g/mol. The third kappa shape index (κ3) is 1.47. The lowest BCUT2D eigenvalue weighted by Gasteiger charge is -2.21. The Bertz CT molecular complexity index is 719. The zero-order valence-corrected chi connectivity index (χ0v) is 12.4. The Hall–Kier alpha value is -1.53. The van der Waals surface area contributed by atoms with E-state index in [1.807, 2.05) is 51.1 Å². The number of nitrogen functional groups attached to an aromatic ring is 1. The quantitative estimate of drug-likeness (QED) is 0.639. The highest BCUT2D eigenvalue weighted by atomic mass is 31.2. The number of hydrogen-bond donors (Lipinski definition) is 1. The second-order valence-corrected chi connectivity index (χ2v) is 8.74. The molecule has 0 radical (unpaired) electrons. The minimum absolute atomic E-state index is 0.0685. The summed E-state index contributed by atoms with van der Waals surface area (Å²) in [6, 6.07) is 12.1. The average molecular weight is 271 g/mol. The molecular formula is C16H18NOP. The van der Waals surface area contributed by atoms with Gasteiger partial charge in [-0.05, 0) is 23.6 Å². The lowest BCUT2D eigenvalue weighted by Crippen LogP contribution is -2.20. The van der Waals surface area contributed by atoms with E-state index in [4.69, 9.17) is 5.73 Å². The van der Waals surface area contributed by atoms with Gasteiger partial charge < -0.3 is 10.3 Å². The maximum Gasteiger partial charge on any atom is 0.148 e. The summed E-state index contributed by atoms with van der Waals surface area (Å²) >= 11 is 0. The molecule has 0 aromatic heterocycles. The van der Waals surface area contributed by atoms with Crippen molar-refractivity contribution < 1.29 is 4.57 Å². The van der Waals surface area contributed by atoms with Gasteiger partial charge in [0.2, 0.25) is 0 Å². The van der Waals surface area contributed by atoms with Crippen LogP contribution in [0.2, 0.25) is 0 Å². The average Bonchev–Trinajstić information content (AvgIpc) is 2.66. The van der Waals surface area contributed by atoms with Crippen LogP contribution in [0.4, 0.5) is 5.69 Å². The first kappa shape index (κ1) is 12.5. The van der Waals surface area contributed by atoms with Gasteiger partial charge in [-0.3, -0.25) is 0 Å². The molecule has 0 bridgehead atoms. The predicted molar refractivity (Wildman–Crippen MR) is 83.0 cm³/mol. The molecule has 2 aromatic rings. The number of hydrogen-bond acceptors (Lipinski definition) is 2. The molecule has 1 unspecified atom stereocenters. The van der Waals surface area contributed by atoms with E-state index in [1.165, 1.54) is 0 Å². The van der Waals surface area contributed by atoms with Crippen LogP contribution >= 0.6 is 7.14 Å². The zero-order valence-electron chi connectivity index (χ0n) is 11.5. The minimum Gasteiger partial charge on any atom is -0.398 e. The van der Waals surface area contributed by atoms with Crippen LogP contribution in [0.25, 0.3) is 11.1 Å². The smallest absolute Gasteiger partial charge is 0.148 e. The van der Waals surface area contributed by atoms with Gasteiger partial charge in [-0.25, -0.2) is 0 Å². The van der Waals surface area contributed by atoms with Gasteiger partial charge in [0, 0.05) is 22.0 Å². The Balaban J connectivity index is 2.48. The summed E-state index contributed by atoms with van der Waals surface area (Å²) < 4.78 is 13.7. The van der Waals surface area contributed by atoms with E-state index >= 15 is 0 Å². The normalized spacial score (nSPS) is 20.4. The fourth-order valence-electron chi connectivity index (χ4n) is 2.93. The Morgan fingerprint density at radius 3 is 2.42 bits per heavy atom. The van der Waals surface area contributed by atoms with Crippen molar-refractivity contribution in [3.05, 3.63) is 42.0 Å². The molecule has 3 rings (SSSR count). The molecule has 1 aliphatic heterocycles. The predicted octanol–water partition coefficient (Wildman–Crippen LogP) is 3.28. The van der Waals surface area contributed by atoms with Crippen LogP contribution in [0.15, 0.2) is 36.4 Å². The fourth-order valence-corrected chi connectivity index (χ4v) is 6.19. The molecule has 1 aliphatic rings. The van der Waals surface area contributed by atoms with Gasteiger partial charge in [-0.1, -0.05) is 50.2 Å². The van der Waals surface area contributed by atoms with Crippen LogP contribution in [0.5, 0.6) is 0 Å². The van der Waals surface area contributed by atoms with E-state index in [9.17, 15) is 4.57 Å². The van der Waals surface area contributed by atoms with E-state index in [1.54, 1.807) is 0 Å². The molecule has 2 N–H and O–H groups in total. The van der Waals surface area contributed by atoms with Crippen molar-refractivity contribution >= 4 is 23.4 Å². The fraction of sp³-hybridized carbons (Fsp3) is 0.250. The summed E-state index contributed by atoms with van der Waals surface area (Å²) in [7, 11) is -2.61. The highest BCUT2D eigenvalue weighted by molar-refractivity contribution is 7.80. The minimum atomic E-state index is -2.61. The van der Waals surface area contributed by atoms with Crippen molar-refractivity contribution in [3.8, 4) is 11.1 Å². The lowest BCUT2D eigenvalue weighted by atomic mass is 10.0. The highest BCUT2D eigenvalue weighted by Crippen LogP contribution is 2.57. The van der Waals surface area contributed by atoms with Gasteiger partial charge in [0.25, 0.3) is 0 Å². The number of benzene rings is 2. The van der Waals surface area contributed by atoms with Gasteiger partial charge >= 0.3 is 0 Å². The van der Waals surface area contributed by atoms with Crippen LogP contribution in [0, 0.1) is 6.92 Å². The first-order valence-corrected chi connectivity index (χ1v) is 8.35. The molecule has 98 valence electrons. The standard InChI is InChI=1S/C16H18NOP/c1-10(2)19(18)14-7-5-4-6-12(14)13-9-8-11(3)15(17)16(13)19/h4-10H,17H2,1-3H3. The summed E-state index contributed by atoms with van der Waals surface area (Å²) in [6.45, 7) is 6.02. The summed E-state index contributed by atoms with van der Waals surface area (Å²) in [5, 5.41) is 1.85. The van der Waals surface area contributed by atoms with Crippen molar-refractivity contribution in [2.75, 3.05) is 5.73 Å². The number of fused-ring (bicyclic) bond motifs is 3. The van der Waals surface area contributed by atoms with Crippen LogP contribution in [0.3, 0.4) is 0 Å². The summed E-state index contributed by atoms with van der Waals surface area (Å²) in [5.41, 5.74) is 10.2. The lowest BCUT2D eigenvalue weighted by molar-refractivity contribution is 0.582. The Morgan fingerprint density at radius 1 is 1.05 bits per heavy atom. The Morgan fingerprint density at radius 2 is 1.74 bits per heavy atom. The van der Waals surface area contributed by atoms with E-state index in [0.717, 1.165) is 27.3 Å². The van der Waals surface area contributed by atoms with Crippen molar-refractivity contribution in [3.63, 3.8) is 0 Å². The molecule has 0 amide bonds. The van der Waals surface area contributed by atoms with Crippen LogP contribution in [-0.2, 0) is 4.57 Å². The SMILES string of the molecule is Cc1ccc2c(c1N)P(=O)(C(C)C)c1ccccc1-2. The number of rotatable bonds is 1. The van der Waals surface area contributed by atoms with Gasteiger partial charge in [-0.2, -0.15) is 0 Å². The van der Waals surface area contributed by atoms with Crippen LogP contribution in [0.1, 0.15) is 19.4 Å². The van der Waals surface area contributed by atoms with E-state index in [-0.39, 0.29) is 5.66 Å². The van der Waals surface area contributed by atoms with Crippen molar-refractivity contribution in [1.29, 1.82) is 0 Å². The molecular weight excluding hydrogens is 253 g/mol.